The predicted octanol–water partition coefficient (Wildman–Crippen LogP) is 3.41. The molecule has 4 heterocycles. The van der Waals surface area contributed by atoms with Crippen molar-refractivity contribution in [2.75, 3.05) is 32.7 Å². The summed E-state index contributed by atoms with van der Waals surface area (Å²) < 4.78 is 12.7. The number of aryl methyl sites for hydroxylation is 2. The number of hydrogen-bond acceptors (Lipinski definition) is 7. The Hall–Kier alpha value is -3.49. The van der Waals surface area contributed by atoms with Gasteiger partial charge in [-0.25, -0.2) is 9.59 Å². The van der Waals surface area contributed by atoms with Crippen LogP contribution in [0.15, 0.2) is 61.0 Å². The summed E-state index contributed by atoms with van der Waals surface area (Å²) in [5.74, 6) is -0.262. The molecule has 0 atom stereocenters. The van der Waals surface area contributed by atoms with Crippen molar-refractivity contribution in [1.82, 2.24) is 14.6 Å². The molecule has 0 saturated carbocycles. The minimum Gasteiger partial charge on any atom is -0.414 e. The van der Waals surface area contributed by atoms with Crippen molar-refractivity contribution in [3.05, 3.63) is 85.8 Å². The van der Waals surface area contributed by atoms with Gasteiger partial charge in [-0.2, -0.15) is 0 Å². The number of rotatable bonds is 9. The Morgan fingerprint density at radius 3 is 2.47 bits per heavy atom. The van der Waals surface area contributed by atoms with Gasteiger partial charge in [0.2, 0.25) is 5.78 Å². The van der Waals surface area contributed by atoms with Crippen LogP contribution in [0.4, 0.5) is 0 Å². The Bertz CT molecular complexity index is 1510. The van der Waals surface area contributed by atoms with E-state index in [0.29, 0.717) is 12.1 Å². The molecule has 0 spiro atoms. The van der Waals surface area contributed by atoms with Crippen LogP contribution in [0.3, 0.4) is 0 Å². The summed E-state index contributed by atoms with van der Waals surface area (Å²) in [5.41, 5.74) is 1.43. The normalized spacial score (nSPS) is 14.6. The Kier molecular flexibility index (Phi) is 7.16. The molecule has 8 heteroatoms. The van der Waals surface area contributed by atoms with Gasteiger partial charge in [-0.15, -0.1) is 0 Å². The summed E-state index contributed by atoms with van der Waals surface area (Å²) in [6, 6.07) is 11.3. The fourth-order valence-electron chi connectivity index (χ4n) is 5.01. The van der Waals surface area contributed by atoms with Crippen LogP contribution in [0.25, 0.3) is 16.7 Å². The lowest BCUT2D eigenvalue weighted by Gasteiger charge is -2.27. The number of aromatic nitrogens is 1. The van der Waals surface area contributed by atoms with Crippen molar-refractivity contribution in [3.8, 4) is 0 Å². The van der Waals surface area contributed by atoms with E-state index in [1.807, 2.05) is 40.9 Å². The SMILES string of the molecule is CCCCc1cc2ccccn2c1C(=O)c1ccc(CCCN2CCNCC2)c2oc(=O)c(=O)oc12. The fourth-order valence-corrected chi connectivity index (χ4v) is 5.01. The number of pyridine rings is 1. The first kappa shape index (κ1) is 24.2. The van der Waals surface area contributed by atoms with E-state index >= 15 is 0 Å². The van der Waals surface area contributed by atoms with Crippen LogP contribution in [-0.4, -0.2) is 47.8 Å². The molecule has 3 aromatic heterocycles. The zero-order valence-electron chi connectivity index (χ0n) is 20.5. The second kappa shape index (κ2) is 10.6. The van der Waals surface area contributed by atoms with Crippen LogP contribution in [0.5, 0.6) is 0 Å². The third-order valence-electron chi connectivity index (χ3n) is 6.90. The molecule has 1 N–H and O–H groups in total. The van der Waals surface area contributed by atoms with E-state index in [1.165, 1.54) is 0 Å². The number of ketones is 1. The number of unbranched alkanes of at least 4 members (excludes halogenated alkanes) is 1. The smallest absolute Gasteiger partial charge is 0.414 e. The third kappa shape index (κ3) is 4.79. The second-order valence-corrected chi connectivity index (χ2v) is 9.35. The first-order valence-corrected chi connectivity index (χ1v) is 12.7. The Morgan fingerprint density at radius 2 is 1.69 bits per heavy atom. The minimum absolute atomic E-state index is 0.0385. The summed E-state index contributed by atoms with van der Waals surface area (Å²) in [5, 5.41) is 3.35. The number of carbonyl (C=O) groups excluding carboxylic acids is 1. The molecule has 1 aromatic carbocycles. The van der Waals surface area contributed by atoms with E-state index in [0.717, 1.165) is 75.1 Å². The van der Waals surface area contributed by atoms with Gasteiger partial charge < -0.3 is 23.5 Å². The molecule has 36 heavy (non-hydrogen) atoms. The zero-order chi connectivity index (χ0) is 25.1. The standard InChI is InChI=1S/C28H31N3O5/c1-2-3-7-20-18-21-9-4-5-15-31(21)23(20)24(32)22-11-10-19(8-6-14-30-16-12-29-13-17-30)25-26(22)36-28(34)27(33)35-25/h4-5,9-11,15,18,29H,2-3,6-8,12-14,16-17H2,1H3. The van der Waals surface area contributed by atoms with E-state index in [9.17, 15) is 14.4 Å². The van der Waals surface area contributed by atoms with E-state index in [2.05, 4.69) is 17.1 Å². The zero-order valence-corrected chi connectivity index (χ0v) is 20.5. The van der Waals surface area contributed by atoms with Gasteiger partial charge in [0.15, 0.2) is 11.2 Å². The second-order valence-electron chi connectivity index (χ2n) is 9.35. The van der Waals surface area contributed by atoms with Crippen LogP contribution in [0.1, 0.15) is 53.4 Å². The van der Waals surface area contributed by atoms with Gasteiger partial charge in [0.05, 0.1) is 11.3 Å². The van der Waals surface area contributed by atoms with Crippen molar-refractivity contribution in [2.45, 2.75) is 39.0 Å². The molecule has 1 aliphatic rings. The number of hydrogen-bond donors (Lipinski definition) is 1. The fraction of sp³-hybridized carbons (Fsp3) is 0.393. The Morgan fingerprint density at radius 1 is 0.944 bits per heavy atom. The number of piperazine rings is 1. The molecule has 4 aromatic rings. The van der Waals surface area contributed by atoms with Crippen molar-refractivity contribution in [3.63, 3.8) is 0 Å². The summed E-state index contributed by atoms with van der Waals surface area (Å²) >= 11 is 0. The van der Waals surface area contributed by atoms with Crippen LogP contribution < -0.4 is 16.6 Å². The molecule has 0 aliphatic carbocycles. The van der Waals surface area contributed by atoms with Crippen molar-refractivity contribution in [1.29, 1.82) is 0 Å². The van der Waals surface area contributed by atoms with E-state index in [4.69, 9.17) is 8.83 Å². The molecule has 1 fully saturated rings. The van der Waals surface area contributed by atoms with E-state index in [-0.39, 0.29) is 22.5 Å². The quantitative estimate of drug-likeness (QED) is 0.284. The molecule has 0 amide bonds. The van der Waals surface area contributed by atoms with Gasteiger partial charge in [-0.3, -0.25) is 4.79 Å². The molecule has 5 rings (SSSR count). The summed E-state index contributed by atoms with van der Waals surface area (Å²) in [7, 11) is 0. The highest BCUT2D eigenvalue weighted by Crippen LogP contribution is 2.27. The predicted molar refractivity (Wildman–Crippen MR) is 138 cm³/mol. The van der Waals surface area contributed by atoms with Crippen molar-refractivity contribution < 1.29 is 13.6 Å². The van der Waals surface area contributed by atoms with Gasteiger partial charge in [-0.1, -0.05) is 25.5 Å². The lowest BCUT2D eigenvalue weighted by atomic mass is 9.98. The van der Waals surface area contributed by atoms with Crippen LogP contribution >= 0.6 is 0 Å². The van der Waals surface area contributed by atoms with Gasteiger partial charge in [0.25, 0.3) is 0 Å². The van der Waals surface area contributed by atoms with Gasteiger partial charge in [0.1, 0.15) is 0 Å². The highest BCUT2D eigenvalue weighted by Gasteiger charge is 2.24. The van der Waals surface area contributed by atoms with E-state index < -0.39 is 11.3 Å². The highest BCUT2D eigenvalue weighted by atomic mass is 16.5. The minimum atomic E-state index is -1.11. The lowest BCUT2D eigenvalue weighted by molar-refractivity contribution is 0.103. The lowest BCUT2D eigenvalue weighted by Crippen LogP contribution is -2.43. The maximum atomic E-state index is 13.9. The average molecular weight is 490 g/mol. The largest absolute Gasteiger partial charge is 0.423 e. The Balaban J connectivity index is 1.54. The Labute approximate surface area is 208 Å². The molecule has 188 valence electrons. The van der Waals surface area contributed by atoms with Gasteiger partial charge >= 0.3 is 11.3 Å². The van der Waals surface area contributed by atoms with Crippen molar-refractivity contribution >= 4 is 22.5 Å². The third-order valence-corrected chi connectivity index (χ3v) is 6.90. The first-order chi connectivity index (χ1) is 17.6. The maximum absolute atomic E-state index is 13.9. The van der Waals surface area contributed by atoms with Crippen LogP contribution in [0, 0.1) is 0 Å². The maximum Gasteiger partial charge on any atom is 0.423 e. The summed E-state index contributed by atoms with van der Waals surface area (Å²) in [6.45, 7) is 7.00. The number of fused-ring (bicyclic) bond motifs is 2. The van der Waals surface area contributed by atoms with Gasteiger partial charge in [0, 0.05) is 37.9 Å². The molecule has 1 saturated heterocycles. The van der Waals surface area contributed by atoms with Gasteiger partial charge in [-0.05, 0) is 67.6 Å². The molecule has 0 unspecified atom stereocenters. The number of nitrogens with one attached hydrogen (secondary N) is 1. The number of benzene rings is 1. The van der Waals surface area contributed by atoms with E-state index in [1.54, 1.807) is 6.07 Å². The average Bonchev–Trinajstić information content (AvgIpc) is 3.27. The molecule has 8 nitrogen and oxygen atoms in total. The highest BCUT2D eigenvalue weighted by molar-refractivity contribution is 6.15. The summed E-state index contributed by atoms with van der Waals surface area (Å²) in [4.78, 5) is 40.6. The molecule has 1 aliphatic heterocycles. The summed E-state index contributed by atoms with van der Waals surface area (Å²) in [6.07, 6.45) is 6.08. The molecular weight excluding hydrogens is 458 g/mol. The van der Waals surface area contributed by atoms with Crippen LogP contribution in [0.2, 0.25) is 0 Å². The first-order valence-electron chi connectivity index (χ1n) is 12.7. The molecule has 0 bridgehead atoms. The number of carbonyl (C=O) groups is 1. The van der Waals surface area contributed by atoms with Crippen LogP contribution in [-0.2, 0) is 12.8 Å². The monoisotopic (exact) mass is 489 g/mol. The molecule has 0 radical (unpaired) electrons. The van der Waals surface area contributed by atoms with Crippen molar-refractivity contribution in [2.24, 2.45) is 0 Å². The molecular formula is C28H31N3O5. The topological polar surface area (TPSA) is 97.2 Å². The number of nitrogens with zero attached hydrogens (tertiary/aromatic N) is 2.